The number of amides is 1. The monoisotopic (exact) mass is 380 g/mol. The summed E-state index contributed by atoms with van der Waals surface area (Å²) in [6, 6.07) is 19.7. The molecule has 144 valence electrons. The van der Waals surface area contributed by atoms with E-state index in [1.165, 1.54) is 24.3 Å². The molecule has 0 saturated heterocycles. The Kier molecular flexibility index (Phi) is 6.11. The molecule has 0 bridgehead atoms. The minimum absolute atomic E-state index is 0.271. The van der Waals surface area contributed by atoms with Crippen molar-refractivity contribution in [1.29, 1.82) is 0 Å². The van der Waals surface area contributed by atoms with Crippen LogP contribution in [0.4, 0.5) is 15.8 Å². The Morgan fingerprint density at radius 3 is 2.14 bits per heavy atom. The first-order chi connectivity index (χ1) is 13.6. The normalized spacial score (nSPS) is 11.4. The average Bonchev–Trinajstić information content (AvgIpc) is 2.74. The van der Waals surface area contributed by atoms with E-state index < -0.39 is 6.04 Å². The molecule has 0 aliphatic heterocycles. The Hall–Kier alpha value is -3.54. The van der Waals surface area contributed by atoms with Crippen molar-refractivity contribution in [3.8, 4) is 11.5 Å². The molecule has 0 spiro atoms. The number of rotatable bonds is 7. The molecule has 0 fully saturated rings. The Balaban J connectivity index is 1.87. The SMILES string of the molecule is COc1ccc(N[C@H](C(=O)Nc2ccc(F)cc2)c2ccccc2)cc1OC. The van der Waals surface area contributed by atoms with Gasteiger partial charge >= 0.3 is 0 Å². The lowest BCUT2D eigenvalue weighted by atomic mass is 10.1. The van der Waals surface area contributed by atoms with E-state index in [1.807, 2.05) is 36.4 Å². The largest absolute Gasteiger partial charge is 0.493 e. The zero-order chi connectivity index (χ0) is 19.9. The van der Waals surface area contributed by atoms with Gasteiger partial charge in [-0.25, -0.2) is 4.39 Å². The molecule has 3 aromatic carbocycles. The van der Waals surface area contributed by atoms with Gasteiger partial charge in [-0.1, -0.05) is 30.3 Å². The molecule has 0 aromatic heterocycles. The Morgan fingerprint density at radius 1 is 0.857 bits per heavy atom. The van der Waals surface area contributed by atoms with Gasteiger partial charge in [0.1, 0.15) is 11.9 Å². The lowest BCUT2D eigenvalue weighted by Gasteiger charge is -2.21. The van der Waals surface area contributed by atoms with Gasteiger partial charge in [0.15, 0.2) is 11.5 Å². The molecule has 3 rings (SSSR count). The Bertz CT molecular complexity index is 930. The van der Waals surface area contributed by atoms with Crippen LogP contribution in [-0.2, 0) is 4.79 Å². The summed E-state index contributed by atoms with van der Waals surface area (Å²) >= 11 is 0. The molecule has 5 nitrogen and oxygen atoms in total. The molecule has 0 saturated carbocycles. The summed E-state index contributed by atoms with van der Waals surface area (Å²) in [5.74, 6) is 0.520. The number of methoxy groups -OCH3 is 2. The minimum atomic E-state index is -0.663. The maximum absolute atomic E-state index is 13.1. The molecule has 3 aromatic rings. The van der Waals surface area contributed by atoms with E-state index >= 15 is 0 Å². The van der Waals surface area contributed by atoms with Gasteiger partial charge in [0, 0.05) is 17.4 Å². The second-order valence-electron chi connectivity index (χ2n) is 6.05. The summed E-state index contributed by atoms with van der Waals surface area (Å²) in [4.78, 5) is 13.0. The second-order valence-corrected chi connectivity index (χ2v) is 6.05. The standard InChI is InChI=1S/C22H21FN2O3/c1-27-19-13-12-18(14-20(19)28-2)24-21(15-6-4-3-5-7-15)22(26)25-17-10-8-16(23)9-11-17/h3-14,21,24H,1-2H3,(H,25,26)/t21-/m0/s1. The summed E-state index contributed by atoms with van der Waals surface area (Å²) in [5.41, 5.74) is 2.00. The fourth-order valence-electron chi connectivity index (χ4n) is 2.79. The summed E-state index contributed by atoms with van der Waals surface area (Å²) < 4.78 is 23.7. The van der Waals surface area contributed by atoms with Crippen LogP contribution >= 0.6 is 0 Å². The number of halogens is 1. The first-order valence-corrected chi connectivity index (χ1v) is 8.70. The van der Waals surface area contributed by atoms with Gasteiger partial charge in [0.05, 0.1) is 14.2 Å². The fourth-order valence-corrected chi connectivity index (χ4v) is 2.79. The third kappa shape index (κ3) is 4.59. The van der Waals surface area contributed by atoms with Crippen molar-refractivity contribution in [3.05, 3.63) is 84.2 Å². The highest BCUT2D eigenvalue weighted by molar-refractivity contribution is 5.97. The zero-order valence-corrected chi connectivity index (χ0v) is 15.6. The van der Waals surface area contributed by atoms with Crippen LogP contribution in [0.5, 0.6) is 11.5 Å². The lowest BCUT2D eigenvalue weighted by molar-refractivity contribution is -0.117. The van der Waals surface area contributed by atoms with E-state index in [2.05, 4.69) is 10.6 Å². The lowest BCUT2D eigenvalue weighted by Crippen LogP contribution is -2.27. The first kappa shape index (κ1) is 19.2. The quantitative estimate of drug-likeness (QED) is 0.627. The summed E-state index contributed by atoms with van der Waals surface area (Å²) in [7, 11) is 3.12. The third-order valence-corrected chi connectivity index (χ3v) is 4.20. The number of nitrogens with one attached hydrogen (secondary N) is 2. The van der Waals surface area contributed by atoms with Gasteiger partial charge in [-0.2, -0.15) is 0 Å². The predicted molar refractivity (Wildman–Crippen MR) is 107 cm³/mol. The molecule has 0 aliphatic rings. The highest BCUT2D eigenvalue weighted by atomic mass is 19.1. The third-order valence-electron chi connectivity index (χ3n) is 4.20. The van der Waals surface area contributed by atoms with Gasteiger partial charge in [-0.05, 0) is 42.0 Å². The van der Waals surface area contributed by atoms with Crippen molar-refractivity contribution in [2.45, 2.75) is 6.04 Å². The number of anilines is 2. The minimum Gasteiger partial charge on any atom is -0.493 e. The molecule has 28 heavy (non-hydrogen) atoms. The van der Waals surface area contributed by atoms with Crippen molar-refractivity contribution in [1.82, 2.24) is 0 Å². The van der Waals surface area contributed by atoms with Gasteiger partial charge in [0.25, 0.3) is 5.91 Å². The van der Waals surface area contributed by atoms with Gasteiger partial charge in [0.2, 0.25) is 0 Å². The molecule has 0 heterocycles. The highest BCUT2D eigenvalue weighted by Gasteiger charge is 2.21. The van der Waals surface area contributed by atoms with E-state index in [0.29, 0.717) is 22.9 Å². The van der Waals surface area contributed by atoms with Crippen LogP contribution < -0.4 is 20.1 Å². The molecular formula is C22H21FN2O3. The summed E-state index contributed by atoms with van der Waals surface area (Å²) in [6.45, 7) is 0. The van der Waals surface area contributed by atoms with Crippen LogP contribution in [0, 0.1) is 5.82 Å². The number of ether oxygens (including phenoxy) is 2. The Morgan fingerprint density at radius 2 is 1.50 bits per heavy atom. The van der Waals surface area contributed by atoms with Gasteiger partial charge < -0.3 is 20.1 Å². The second kappa shape index (κ2) is 8.90. The van der Waals surface area contributed by atoms with Crippen molar-refractivity contribution >= 4 is 17.3 Å². The number of hydrogen-bond acceptors (Lipinski definition) is 4. The van der Waals surface area contributed by atoms with E-state index in [1.54, 1.807) is 26.4 Å². The maximum Gasteiger partial charge on any atom is 0.251 e. The zero-order valence-electron chi connectivity index (χ0n) is 15.6. The van der Waals surface area contributed by atoms with E-state index in [4.69, 9.17) is 9.47 Å². The highest BCUT2D eigenvalue weighted by Crippen LogP contribution is 2.31. The summed E-state index contributed by atoms with van der Waals surface area (Å²) in [5, 5.41) is 6.05. The van der Waals surface area contributed by atoms with Crippen molar-refractivity contribution in [3.63, 3.8) is 0 Å². The fraction of sp³-hybridized carbons (Fsp3) is 0.136. The molecule has 0 aliphatic carbocycles. The molecule has 0 radical (unpaired) electrons. The number of benzene rings is 3. The molecule has 1 amide bonds. The summed E-state index contributed by atoms with van der Waals surface area (Å²) in [6.07, 6.45) is 0. The van der Waals surface area contributed by atoms with Gasteiger partial charge in [-0.3, -0.25) is 4.79 Å². The van der Waals surface area contributed by atoms with E-state index in [0.717, 1.165) is 5.56 Å². The molecule has 2 N–H and O–H groups in total. The van der Waals surface area contributed by atoms with Crippen molar-refractivity contribution in [2.75, 3.05) is 24.9 Å². The smallest absolute Gasteiger partial charge is 0.251 e. The number of carbonyl (C=O) groups excluding carboxylic acids is 1. The van der Waals surface area contributed by atoms with E-state index in [-0.39, 0.29) is 11.7 Å². The van der Waals surface area contributed by atoms with Crippen molar-refractivity contribution < 1.29 is 18.7 Å². The Labute approximate surface area is 163 Å². The van der Waals surface area contributed by atoms with Gasteiger partial charge in [-0.15, -0.1) is 0 Å². The first-order valence-electron chi connectivity index (χ1n) is 8.70. The predicted octanol–water partition coefficient (Wildman–Crippen LogP) is 4.63. The number of hydrogen-bond donors (Lipinski definition) is 2. The van der Waals surface area contributed by atoms with E-state index in [9.17, 15) is 9.18 Å². The van der Waals surface area contributed by atoms with Crippen LogP contribution in [0.15, 0.2) is 72.8 Å². The van der Waals surface area contributed by atoms with Crippen LogP contribution in [0.2, 0.25) is 0 Å². The molecular weight excluding hydrogens is 359 g/mol. The average molecular weight is 380 g/mol. The maximum atomic E-state index is 13.1. The van der Waals surface area contributed by atoms with Crippen LogP contribution in [0.1, 0.15) is 11.6 Å². The van der Waals surface area contributed by atoms with Crippen LogP contribution in [-0.4, -0.2) is 20.1 Å². The topological polar surface area (TPSA) is 59.6 Å². The van der Waals surface area contributed by atoms with Crippen LogP contribution in [0.3, 0.4) is 0 Å². The molecule has 6 heteroatoms. The molecule has 0 unspecified atom stereocenters. The molecule has 1 atom stereocenters. The van der Waals surface area contributed by atoms with Crippen LogP contribution in [0.25, 0.3) is 0 Å². The number of carbonyl (C=O) groups is 1. The van der Waals surface area contributed by atoms with Crippen molar-refractivity contribution in [2.24, 2.45) is 0 Å².